The SMILES string of the molecule is O=c1cccc(-c2nc(C3CCOCC3)nn2-c2nc3ccccc3[nH]2)[nH]1. The number of ether oxygens (including phenoxy) is 1. The quantitative estimate of drug-likeness (QED) is 0.583. The molecule has 0 radical (unpaired) electrons. The number of hydrogen-bond donors (Lipinski definition) is 2. The summed E-state index contributed by atoms with van der Waals surface area (Å²) in [7, 11) is 0. The topological polar surface area (TPSA) is 101 Å². The molecule has 1 aliphatic heterocycles. The van der Waals surface area contributed by atoms with Gasteiger partial charge in [0.05, 0.1) is 16.7 Å². The number of aromatic nitrogens is 6. The van der Waals surface area contributed by atoms with Crippen molar-refractivity contribution < 1.29 is 4.74 Å². The number of rotatable bonds is 3. The molecule has 1 fully saturated rings. The second-order valence-electron chi connectivity index (χ2n) is 6.60. The van der Waals surface area contributed by atoms with Gasteiger partial charge in [0.1, 0.15) is 0 Å². The van der Waals surface area contributed by atoms with Crippen molar-refractivity contribution in [1.82, 2.24) is 29.7 Å². The fourth-order valence-corrected chi connectivity index (χ4v) is 3.40. The maximum absolute atomic E-state index is 11.8. The van der Waals surface area contributed by atoms with Crippen LogP contribution in [0.1, 0.15) is 24.6 Å². The van der Waals surface area contributed by atoms with Crippen LogP contribution in [0.2, 0.25) is 0 Å². The molecule has 1 saturated heterocycles. The molecule has 136 valence electrons. The zero-order chi connectivity index (χ0) is 18.2. The highest BCUT2D eigenvalue weighted by Crippen LogP contribution is 2.27. The first kappa shape index (κ1) is 16.0. The molecule has 0 aliphatic carbocycles. The summed E-state index contributed by atoms with van der Waals surface area (Å²) in [6.45, 7) is 1.42. The average molecular weight is 362 g/mol. The lowest BCUT2D eigenvalue weighted by molar-refractivity contribution is 0.0836. The third-order valence-electron chi connectivity index (χ3n) is 4.80. The van der Waals surface area contributed by atoms with Crippen molar-refractivity contribution in [2.24, 2.45) is 0 Å². The van der Waals surface area contributed by atoms with Crippen molar-refractivity contribution in [3.05, 3.63) is 58.6 Å². The molecule has 1 aromatic carbocycles. The molecule has 1 aliphatic rings. The lowest BCUT2D eigenvalue weighted by Crippen LogP contribution is -2.15. The Morgan fingerprint density at radius 2 is 1.85 bits per heavy atom. The molecular weight excluding hydrogens is 344 g/mol. The molecule has 0 atom stereocenters. The van der Waals surface area contributed by atoms with E-state index >= 15 is 0 Å². The summed E-state index contributed by atoms with van der Waals surface area (Å²) in [6.07, 6.45) is 1.77. The number of imidazole rings is 1. The number of aromatic amines is 2. The number of fused-ring (bicyclic) bond motifs is 1. The predicted molar refractivity (Wildman–Crippen MR) is 99.9 cm³/mol. The number of nitrogens with one attached hydrogen (secondary N) is 2. The maximum atomic E-state index is 11.8. The van der Waals surface area contributed by atoms with Crippen molar-refractivity contribution in [1.29, 1.82) is 0 Å². The molecule has 8 nitrogen and oxygen atoms in total. The van der Waals surface area contributed by atoms with E-state index in [2.05, 4.69) is 15.0 Å². The molecule has 4 aromatic rings. The van der Waals surface area contributed by atoms with Crippen LogP contribution in [0, 0.1) is 0 Å². The largest absolute Gasteiger partial charge is 0.381 e. The van der Waals surface area contributed by atoms with E-state index in [0.29, 0.717) is 30.7 Å². The standard InChI is InChI=1S/C19H18N6O2/c26-16-7-3-6-15(20-16)18-23-17(12-8-10-27-11-9-12)24-25(18)19-21-13-4-1-2-5-14(13)22-19/h1-7,12H,8-11H2,(H,20,26)(H,21,22). The maximum Gasteiger partial charge on any atom is 0.248 e. The van der Waals surface area contributed by atoms with Gasteiger partial charge in [-0.1, -0.05) is 18.2 Å². The van der Waals surface area contributed by atoms with E-state index in [-0.39, 0.29) is 11.5 Å². The van der Waals surface area contributed by atoms with Crippen molar-refractivity contribution in [2.45, 2.75) is 18.8 Å². The predicted octanol–water partition coefficient (Wildman–Crippen LogP) is 2.39. The zero-order valence-corrected chi connectivity index (χ0v) is 14.6. The first-order chi connectivity index (χ1) is 13.3. The van der Waals surface area contributed by atoms with Crippen molar-refractivity contribution >= 4 is 11.0 Å². The molecule has 0 unspecified atom stereocenters. The lowest BCUT2D eigenvalue weighted by Gasteiger charge is -2.18. The fraction of sp³-hybridized carbons (Fsp3) is 0.263. The van der Waals surface area contributed by atoms with Gasteiger partial charge < -0.3 is 14.7 Å². The van der Waals surface area contributed by atoms with Gasteiger partial charge in [-0.15, -0.1) is 5.10 Å². The van der Waals surface area contributed by atoms with E-state index in [0.717, 1.165) is 29.7 Å². The molecule has 0 amide bonds. The Balaban J connectivity index is 1.67. The molecule has 27 heavy (non-hydrogen) atoms. The minimum absolute atomic E-state index is 0.181. The summed E-state index contributed by atoms with van der Waals surface area (Å²) in [5.74, 6) is 2.12. The van der Waals surface area contributed by atoms with Crippen LogP contribution in [-0.2, 0) is 4.74 Å². The molecular formula is C19H18N6O2. The Hall–Kier alpha value is -3.26. The molecule has 0 saturated carbocycles. The van der Waals surface area contributed by atoms with E-state index in [9.17, 15) is 4.79 Å². The number of nitrogens with zero attached hydrogens (tertiary/aromatic N) is 4. The third-order valence-corrected chi connectivity index (χ3v) is 4.80. The van der Waals surface area contributed by atoms with E-state index in [4.69, 9.17) is 14.8 Å². The smallest absolute Gasteiger partial charge is 0.248 e. The van der Waals surface area contributed by atoms with Gasteiger partial charge in [0.2, 0.25) is 11.5 Å². The highest BCUT2D eigenvalue weighted by molar-refractivity contribution is 5.76. The Kier molecular flexibility index (Phi) is 3.83. The molecule has 0 spiro atoms. The Labute approximate surface area is 154 Å². The number of pyridine rings is 1. The second-order valence-corrected chi connectivity index (χ2v) is 6.60. The van der Waals surface area contributed by atoms with Crippen LogP contribution in [0.5, 0.6) is 0 Å². The van der Waals surface area contributed by atoms with Crippen molar-refractivity contribution in [3.63, 3.8) is 0 Å². The van der Waals surface area contributed by atoms with Gasteiger partial charge in [0.25, 0.3) is 0 Å². The molecule has 4 heterocycles. The number of para-hydroxylation sites is 2. The third kappa shape index (κ3) is 2.93. The minimum atomic E-state index is -0.181. The summed E-state index contributed by atoms with van der Waals surface area (Å²) in [5, 5.41) is 4.74. The van der Waals surface area contributed by atoms with Crippen LogP contribution < -0.4 is 5.56 Å². The molecule has 0 bridgehead atoms. The summed E-state index contributed by atoms with van der Waals surface area (Å²) in [4.78, 5) is 27.3. The summed E-state index contributed by atoms with van der Waals surface area (Å²) >= 11 is 0. The first-order valence-corrected chi connectivity index (χ1v) is 8.97. The van der Waals surface area contributed by atoms with E-state index in [1.165, 1.54) is 6.07 Å². The normalized spacial score (nSPS) is 15.4. The fourth-order valence-electron chi connectivity index (χ4n) is 3.40. The van der Waals surface area contributed by atoms with Gasteiger partial charge in [-0.3, -0.25) is 4.79 Å². The highest BCUT2D eigenvalue weighted by atomic mass is 16.5. The molecule has 2 N–H and O–H groups in total. The van der Waals surface area contributed by atoms with Crippen molar-refractivity contribution in [3.8, 4) is 17.5 Å². The van der Waals surface area contributed by atoms with E-state index < -0.39 is 0 Å². The zero-order valence-electron chi connectivity index (χ0n) is 14.6. The van der Waals surface area contributed by atoms with Crippen LogP contribution in [0.3, 0.4) is 0 Å². The lowest BCUT2D eigenvalue weighted by atomic mass is 10.00. The van der Waals surface area contributed by atoms with Gasteiger partial charge in [-0.05, 0) is 31.0 Å². The second kappa shape index (κ2) is 6.48. The number of hydrogen-bond acceptors (Lipinski definition) is 5. The monoisotopic (exact) mass is 362 g/mol. The average Bonchev–Trinajstić information content (AvgIpc) is 3.33. The molecule has 3 aromatic heterocycles. The van der Waals surface area contributed by atoms with Crippen molar-refractivity contribution in [2.75, 3.05) is 13.2 Å². The molecule has 8 heteroatoms. The van der Waals surface area contributed by atoms with Crippen LogP contribution in [-0.4, -0.2) is 42.9 Å². The highest BCUT2D eigenvalue weighted by Gasteiger charge is 2.24. The van der Waals surface area contributed by atoms with E-state index in [1.807, 2.05) is 30.3 Å². The first-order valence-electron chi connectivity index (χ1n) is 8.97. The van der Waals surface area contributed by atoms with Crippen LogP contribution in [0.25, 0.3) is 28.5 Å². The van der Waals surface area contributed by atoms with Gasteiger partial charge in [-0.25, -0.2) is 9.97 Å². The van der Waals surface area contributed by atoms with Gasteiger partial charge in [0, 0.05) is 25.2 Å². The van der Waals surface area contributed by atoms with Gasteiger partial charge >= 0.3 is 0 Å². The Morgan fingerprint density at radius 3 is 2.67 bits per heavy atom. The van der Waals surface area contributed by atoms with Crippen LogP contribution >= 0.6 is 0 Å². The number of H-pyrrole nitrogens is 2. The number of benzene rings is 1. The summed E-state index contributed by atoms with van der Waals surface area (Å²) in [6, 6.07) is 12.8. The van der Waals surface area contributed by atoms with Gasteiger partial charge in [0.15, 0.2) is 11.6 Å². The summed E-state index contributed by atoms with van der Waals surface area (Å²) in [5.41, 5.74) is 2.19. The Morgan fingerprint density at radius 1 is 1.00 bits per heavy atom. The Bertz CT molecular complexity index is 1120. The van der Waals surface area contributed by atoms with Gasteiger partial charge in [-0.2, -0.15) is 4.68 Å². The summed E-state index contributed by atoms with van der Waals surface area (Å²) < 4.78 is 7.13. The minimum Gasteiger partial charge on any atom is -0.381 e. The van der Waals surface area contributed by atoms with Crippen LogP contribution in [0.15, 0.2) is 47.3 Å². The molecule has 5 rings (SSSR count). The van der Waals surface area contributed by atoms with Crippen LogP contribution in [0.4, 0.5) is 0 Å². The van der Waals surface area contributed by atoms with E-state index in [1.54, 1.807) is 10.7 Å².